The standard InChI is InChI=1S/C23H25F2N5O4S/c1-35(33,30-23(31)32)13-14-8-16-11-17(9-14)34-7-3-2-6-26-20-10-15(24)4-5-18(20)21-19(25)12-27-22(28-16)29-21/h4-5,8-12,26,35H,2-3,6-7,13H2,1H3,(H,30,33)(H,31,32)(H,27,28,29). The maximum Gasteiger partial charge on any atom is 0.437 e. The predicted octanol–water partition coefficient (Wildman–Crippen LogP) is 5.10. The van der Waals surface area contributed by atoms with Gasteiger partial charge in [0.25, 0.3) is 0 Å². The Hall–Kier alpha value is -3.64. The van der Waals surface area contributed by atoms with Crippen molar-refractivity contribution in [3.05, 3.63) is 59.8 Å². The molecule has 4 N–H and O–H groups in total. The van der Waals surface area contributed by atoms with E-state index in [-0.39, 0.29) is 17.4 Å². The van der Waals surface area contributed by atoms with Crippen molar-refractivity contribution in [2.24, 2.45) is 4.36 Å². The summed E-state index contributed by atoms with van der Waals surface area (Å²) in [6.45, 7) is 0.900. The van der Waals surface area contributed by atoms with Crippen LogP contribution < -0.4 is 15.4 Å². The van der Waals surface area contributed by atoms with Gasteiger partial charge in [0.15, 0.2) is 5.82 Å². The highest BCUT2D eigenvalue weighted by Gasteiger charge is 2.16. The molecule has 186 valence electrons. The van der Waals surface area contributed by atoms with E-state index < -0.39 is 27.8 Å². The Kier molecular flexibility index (Phi) is 7.22. The molecule has 2 heterocycles. The van der Waals surface area contributed by atoms with Crippen LogP contribution in [0, 0.1) is 11.6 Å². The molecule has 12 heteroatoms. The van der Waals surface area contributed by atoms with Crippen molar-refractivity contribution in [1.82, 2.24) is 9.97 Å². The van der Waals surface area contributed by atoms with Crippen LogP contribution in [0.5, 0.6) is 5.75 Å². The third kappa shape index (κ3) is 6.49. The van der Waals surface area contributed by atoms with Crippen molar-refractivity contribution in [2.45, 2.75) is 18.6 Å². The van der Waals surface area contributed by atoms with Gasteiger partial charge in [0, 0.05) is 35.3 Å². The minimum atomic E-state index is -3.11. The van der Waals surface area contributed by atoms with Gasteiger partial charge in [-0.3, -0.25) is 0 Å². The van der Waals surface area contributed by atoms with Crippen molar-refractivity contribution >= 4 is 33.5 Å². The molecule has 9 nitrogen and oxygen atoms in total. The summed E-state index contributed by atoms with van der Waals surface area (Å²) >= 11 is 0. The van der Waals surface area contributed by atoms with Crippen molar-refractivity contribution < 1.29 is 28.0 Å². The van der Waals surface area contributed by atoms with E-state index in [1.165, 1.54) is 24.5 Å². The van der Waals surface area contributed by atoms with Crippen LogP contribution in [0.4, 0.5) is 30.9 Å². The third-order valence-electron chi connectivity index (χ3n) is 5.14. The van der Waals surface area contributed by atoms with Crippen molar-refractivity contribution in [3.8, 4) is 17.0 Å². The number of rotatable bonds is 2. The average Bonchev–Trinajstić information content (AvgIpc) is 2.76. The molecule has 0 saturated heterocycles. The summed E-state index contributed by atoms with van der Waals surface area (Å²) < 4.78 is 48.4. The number of benzene rings is 2. The van der Waals surface area contributed by atoms with E-state index in [0.717, 1.165) is 6.20 Å². The molecule has 0 fully saturated rings. The smallest absolute Gasteiger partial charge is 0.437 e. The molecule has 4 bridgehead atoms. The summed E-state index contributed by atoms with van der Waals surface area (Å²) in [5.74, 6) is -0.517. The lowest BCUT2D eigenvalue weighted by molar-refractivity contribution is 0.206. The Morgan fingerprint density at radius 2 is 2.06 bits per heavy atom. The minimum Gasteiger partial charge on any atom is -0.494 e. The average molecular weight is 506 g/mol. The number of halogens is 2. The first-order valence-electron chi connectivity index (χ1n) is 10.8. The molecule has 35 heavy (non-hydrogen) atoms. The topological polar surface area (TPSA) is 129 Å². The molecular formula is C23H25F2N5O4S. The van der Waals surface area contributed by atoms with Gasteiger partial charge in [0.05, 0.1) is 12.8 Å². The second kappa shape index (κ2) is 10.3. The summed E-state index contributed by atoms with van der Waals surface area (Å²) in [5, 5.41) is 15.1. The number of carboxylic acid groups (broad SMARTS) is 1. The lowest BCUT2D eigenvalue weighted by Crippen LogP contribution is -2.13. The van der Waals surface area contributed by atoms with Gasteiger partial charge in [-0.1, -0.05) is 10.1 Å². The van der Waals surface area contributed by atoms with Gasteiger partial charge in [-0.25, -0.2) is 23.5 Å². The molecular weight excluding hydrogens is 480 g/mol. The van der Waals surface area contributed by atoms with E-state index in [1.807, 2.05) is 0 Å². The molecule has 0 aliphatic carbocycles. The number of amides is 1. The Morgan fingerprint density at radius 3 is 2.86 bits per heavy atom. The normalized spacial score (nSPS) is 14.2. The molecule has 0 radical (unpaired) electrons. The van der Waals surface area contributed by atoms with Gasteiger partial charge < -0.3 is 25.0 Å². The second-order valence-corrected chi connectivity index (χ2v) is 10.9. The van der Waals surface area contributed by atoms with Crippen LogP contribution in [0.1, 0.15) is 18.4 Å². The zero-order valence-corrected chi connectivity index (χ0v) is 19.7. The largest absolute Gasteiger partial charge is 0.494 e. The van der Waals surface area contributed by atoms with Crippen LogP contribution in [0.3, 0.4) is 0 Å². The first-order chi connectivity index (χ1) is 16.7. The summed E-state index contributed by atoms with van der Waals surface area (Å²) in [6.07, 6.45) is 2.39. The monoisotopic (exact) mass is 505 g/mol. The first kappa shape index (κ1) is 24.5. The van der Waals surface area contributed by atoms with Crippen LogP contribution in [-0.4, -0.2) is 45.1 Å². The molecule has 4 rings (SSSR count). The summed E-state index contributed by atoms with van der Waals surface area (Å²) in [7, 11) is -3.11. The molecule has 0 atom stereocenters. The van der Waals surface area contributed by atoms with Crippen molar-refractivity contribution in [2.75, 3.05) is 30.0 Å². The lowest BCUT2D eigenvalue weighted by atomic mass is 10.1. The van der Waals surface area contributed by atoms with Gasteiger partial charge in [0.2, 0.25) is 5.95 Å². The van der Waals surface area contributed by atoms with Gasteiger partial charge in [-0.15, -0.1) is 0 Å². The molecule has 1 aromatic heterocycles. The summed E-state index contributed by atoms with van der Waals surface area (Å²) in [6, 6.07) is 9.11. The number of fused-ring (bicyclic) bond motifs is 6. The predicted molar refractivity (Wildman–Crippen MR) is 132 cm³/mol. The maximum absolute atomic E-state index is 14.7. The Balaban J connectivity index is 1.76. The Bertz CT molecular complexity index is 1320. The van der Waals surface area contributed by atoms with Crippen LogP contribution in [0.15, 0.2) is 47.0 Å². The highest BCUT2D eigenvalue weighted by molar-refractivity contribution is 7.98. The number of thiol groups is 1. The lowest BCUT2D eigenvalue weighted by Gasteiger charge is -2.19. The van der Waals surface area contributed by atoms with E-state index in [0.29, 0.717) is 54.2 Å². The quantitative estimate of drug-likeness (QED) is 0.304. The Labute approximate surface area is 201 Å². The molecule has 0 spiro atoms. The van der Waals surface area contributed by atoms with Crippen molar-refractivity contribution in [3.63, 3.8) is 0 Å². The number of nitrogens with one attached hydrogen (secondary N) is 2. The number of ether oxygens (including phenoxy) is 1. The highest BCUT2D eigenvalue weighted by atomic mass is 32.3. The molecule has 1 aliphatic heterocycles. The highest BCUT2D eigenvalue weighted by Crippen LogP contribution is 2.31. The molecule has 0 saturated carbocycles. The third-order valence-corrected chi connectivity index (χ3v) is 6.71. The van der Waals surface area contributed by atoms with E-state index in [1.54, 1.807) is 18.2 Å². The fourth-order valence-corrected chi connectivity index (χ4v) is 5.04. The fourth-order valence-electron chi connectivity index (χ4n) is 3.73. The second-order valence-electron chi connectivity index (χ2n) is 8.18. The number of aromatic nitrogens is 2. The maximum atomic E-state index is 14.7. The summed E-state index contributed by atoms with van der Waals surface area (Å²) in [4.78, 5) is 19.3. The van der Waals surface area contributed by atoms with E-state index in [4.69, 9.17) is 9.84 Å². The number of hydrogen-bond donors (Lipinski definition) is 5. The van der Waals surface area contributed by atoms with E-state index >= 15 is 0 Å². The molecule has 1 aliphatic rings. The fraction of sp³-hybridized carbons (Fsp3) is 0.261. The number of hydrogen-bond acceptors (Lipinski definition) is 6. The molecule has 3 aromatic rings. The van der Waals surface area contributed by atoms with Crippen LogP contribution in [-0.2, 0) is 15.9 Å². The van der Waals surface area contributed by atoms with Crippen LogP contribution >= 0.6 is 0 Å². The zero-order chi connectivity index (χ0) is 25.0. The van der Waals surface area contributed by atoms with Crippen molar-refractivity contribution in [1.29, 1.82) is 0 Å². The van der Waals surface area contributed by atoms with Crippen LogP contribution in [0.2, 0.25) is 0 Å². The first-order valence-corrected chi connectivity index (χ1v) is 13.2. The summed E-state index contributed by atoms with van der Waals surface area (Å²) in [5.41, 5.74) is 1.91. The number of carbonyl (C=O) groups is 1. The van der Waals surface area contributed by atoms with Gasteiger partial charge in [-0.05, 0) is 55.0 Å². The number of anilines is 3. The SMILES string of the molecule is C[SH](O)(Cc1cc2cc(c1)OCCCCNc1cc(F)ccc1-c1nc(ncc1F)N2)=NC(=O)O. The minimum absolute atomic E-state index is 0.00150. The Morgan fingerprint density at radius 1 is 1.23 bits per heavy atom. The van der Waals surface area contributed by atoms with Crippen LogP contribution in [0.25, 0.3) is 11.3 Å². The van der Waals surface area contributed by atoms with E-state index in [2.05, 4.69) is 25.0 Å². The molecule has 1 amide bonds. The number of nitrogens with zero attached hydrogens (tertiary/aromatic N) is 3. The van der Waals surface area contributed by atoms with Gasteiger partial charge >= 0.3 is 6.09 Å². The van der Waals surface area contributed by atoms with E-state index in [9.17, 15) is 18.1 Å². The van der Waals surface area contributed by atoms with Gasteiger partial charge in [-0.2, -0.15) is 4.36 Å². The molecule has 0 unspecified atom stereocenters. The van der Waals surface area contributed by atoms with Gasteiger partial charge in [0.1, 0.15) is 17.3 Å². The molecule has 2 aromatic carbocycles. The zero-order valence-electron chi connectivity index (χ0n) is 18.8.